The van der Waals surface area contributed by atoms with Crippen LogP contribution in [-0.2, 0) is 4.79 Å². The summed E-state index contributed by atoms with van der Waals surface area (Å²) in [6, 6.07) is 14.4. The van der Waals surface area contributed by atoms with E-state index >= 15 is 0 Å². The number of halogens is 1. The van der Waals surface area contributed by atoms with Gasteiger partial charge < -0.3 is 5.32 Å². The van der Waals surface area contributed by atoms with Gasteiger partial charge in [0.2, 0.25) is 0 Å². The Kier molecular flexibility index (Phi) is 3.02. The molecular formula is C16H9ClN2O. The van der Waals surface area contributed by atoms with Gasteiger partial charge in [-0.05, 0) is 42.0 Å². The Balaban J connectivity index is 2.06. The summed E-state index contributed by atoms with van der Waals surface area (Å²) in [6.07, 6.45) is 1.79. The number of nitrogens with one attached hydrogen (secondary N) is 1. The maximum absolute atomic E-state index is 12.0. The average molecular weight is 281 g/mol. The third kappa shape index (κ3) is 2.18. The third-order valence-electron chi connectivity index (χ3n) is 3.12. The van der Waals surface area contributed by atoms with E-state index in [1.165, 1.54) is 0 Å². The molecule has 0 unspecified atom stereocenters. The second-order valence-corrected chi connectivity index (χ2v) is 4.87. The lowest BCUT2D eigenvalue weighted by Gasteiger charge is -1.99. The van der Waals surface area contributed by atoms with Crippen LogP contribution in [0.5, 0.6) is 0 Å². The molecule has 3 rings (SSSR count). The largest absolute Gasteiger partial charge is 0.321 e. The average Bonchev–Trinajstić information content (AvgIpc) is 2.76. The molecule has 2 aromatic rings. The molecule has 3 nitrogen and oxygen atoms in total. The van der Waals surface area contributed by atoms with Gasteiger partial charge in [-0.1, -0.05) is 23.7 Å². The van der Waals surface area contributed by atoms with Crippen LogP contribution in [0.15, 0.2) is 42.5 Å². The zero-order valence-electron chi connectivity index (χ0n) is 10.4. The Labute approximate surface area is 121 Å². The molecule has 0 aromatic heterocycles. The van der Waals surface area contributed by atoms with Crippen molar-refractivity contribution in [1.29, 1.82) is 5.26 Å². The van der Waals surface area contributed by atoms with Gasteiger partial charge >= 0.3 is 0 Å². The summed E-state index contributed by atoms with van der Waals surface area (Å²) in [5.74, 6) is -0.147. The highest BCUT2D eigenvalue weighted by Crippen LogP contribution is 2.34. The molecule has 0 bridgehead atoms. The van der Waals surface area contributed by atoms with E-state index in [0.29, 0.717) is 16.2 Å². The van der Waals surface area contributed by atoms with Gasteiger partial charge in [-0.2, -0.15) is 5.26 Å². The Morgan fingerprint density at radius 3 is 2.60 bits per heavy atom. The number of anilines is 1. The van der Waals surface area contributed by atoms with E-state index in [1.807, 2.05) is 0 Å². The van der Waals surface area contributed by atoms with Crippen LogP contribution in [-0.4, -0.2) is 5.91 Å². The topological polar surface area (TPSA) is 52.9 Å². The van der Waals surface area contributed by atoms with Crippen LogP contribution >= 0.6 is 11.6 Å². The maximum atomic E-state index is 12.0. The van der Waals surface area contributed by atoms with Crippen molar-refractivity contribution in [1.82, 2.24) is 0 Å². The Bertz CT molecular complexity index is 770. The molecule has 0 radical (unpaired) electrons. The second-order valence-electron chi connectivity index (χ2n) is 4.44. The molecule has 20 heavy (non-hydrogen) atoms. The first kappa shape index (κ1) is 12.5. The van der Waals surface area contributed by atoms with Crippen molar-refractivity contribution in [2.75, 3.05) is 5.32 Å². The lowest BCUT2D eigenvalue weighted by atomic mass is 10.0. The molecular weight excluding hydrogens is 272 g/mol. The van der Waals surface area contributed by atoms with E-state index in [-0.39, 0.29) is 5.91 Å². The molecule has 1 heterocycles. The van der Waals surface area contributed by atoms with Crippen LogP contribution < -0.4 is 5.32 Å². The Morgan fingerprint density at radius 2 is 1.90 bits per heavy atom. The molecule has 0 atom stereocenters. The second kappa shape index (κ2) is 4.84. The first-order chi connectivity index (χ1) is 9.67. The summed E-state index contributed by atoms with van der Waals surface area (Å²) in [6.45, 7) is 0. The summed E-state index contributed by atoms with van der Waals surface area (Å²) in [5, 5.41) is 12.2. The third-order valence-corrected chi connectivity index (χ3v) is 3.35. The summed E-state index contributed by atoms with van der Waals surface area (Å²) < 4.78 is 0. The number of rotatable bonds is 1. The van der Waals surface area contributed by atoms with Crippen molar-refractivity contribution in [2.45, 2.75) is 0 Å². The summed E-state index contributed by atoms with van der Waals surface area (Å²) in [7, 11) is 0. The first-order valence-corrected chi connectivity index (χ1v) is 6.38. The van der Waals surface area contributed by atoms with Crippen LogP contribution in [0.3, 0.4) is 0 Å². The van der Waals surface area contributed by atoms with E-state index in [4.69, 9.17) is 16.9 Å². The fourth-order valence-electron chi connectivity index (χ4n) is 2.12. The van der Waals surface area contributed by atoms with Gasteiger partial charge in [0, 0.05) is 21.8 Å². The SMILES string of the molecule is N#Cc1ccc(C=C2C(=O)Nc3ccc(Cl)cc32)cc1. The predicted octanol–water partition coefficient (Wildman–Crippen LogP) is 3.70. The lowest BCUT2D eigenvalue weighted by molar-refractivity contribution is -0.110. The standard InChI is InChI=1S/C16H9ClN2O/c17-12-5-6-15-13(8-12)14(16(20)19-15)7-10-1-3-11(9-18)4-2-10/h1-8H,(H,19,20). The smallest absolute Gasteiger partial charge is 0.256 e. The molecule has 0 saturated heterocycles. The molecule has 1 amide bonds. The molecule has 1 aliphatic rings. The molecule has 1 aliphatic heterocycles. The highest BCUT2D eigenvalue weighted by Gasteiger charge is 2.23. The minimum Gasteiger partial charge on any atom is -0.321 e. The van der Waals surface area contributed by atoms with Crippen LogP contribution in [0.2, 0.25) is 5.02 Å². The van der Waals surface area contributed by atoms with E-state index < -0.39 is 0 Å². The van der Waals surface area contributed by atoms with Gasteiger partial charge in [-0.3, -0.25) is 4.79 Å². The summed E-state index contributed by atoms with van der Waals surface area (Å²) in [5.41, 5.74) is 3.59. The molecule has 0 aliphatic carbocycles. The number of hydrogen-bond acceptors (Lipinski definition) is 2. The molecule has 0 fully saturated rings. The fourth-order valence-corrected chi connectivity index (χ4v) is 2.30. The minimum absolute atomic E-state index is 0.147. The number of benzene rings is 2. The molecule has 96 valence electrons. The number of carbonyl (C=O) groups excluding carboxylic acids is 1. The minimum atomic E-state index is -0.147. The van der Waals surface area contributed by atoms with Crippen LogP contribution in [0.4, 0.5) is 5.69 Å². The van der Waals surface area contributed by atoms with E-state index in [2.05, 4.69) is 11.4 Å². The zero-order chi connectivity index (χ0) is 14.1. The highest BCUT2D eigenvalue weighted by atomic mass is 35.5. The monoisotopic (exact) mass is 280 g/mol. The van der Waals surface area contributed by atoms with Gasteiger partial charge in [0.15, 0.2) is 0 Å². The quantitative estimate of drug-likeness (QED) is 0.810. The normalized spacial score (nSPS) is 14.8. The van der Waals surface area contributed by atoms with Crippen molar-refractivity contribution >= 4 is 34.8 Å². The number of carbonyl (C=O) groups is 1. The van der Waals surface area contributed by atoms with Gasteiger partial charge in [0.1, 0.15) is 0 Å². The summed E-state index contributed by atoms with van der Waals surface area (Å²) >= 11 is 5.98. The first-order valence-electron chi connectivity index (χ1n) is 6.00. The van der Waals surface area contributed by atoms with Crippen LogP contribution in [0.25, 0.3) is 11.6 Å². The predicted molar refractivity (Wildman–Crippen MR) is 79.1 cm³/mol. The highest BCUT2D eigenvalue weighted by molar-refractivity contribution is 6.36. The summed E-state index contributed by atoms with van der Waals surface area (Å²) in [4.78, 5) is 12.0. The Morgan fingerprint density at radius 1 is 1.15 bits per heavy atom. The molecule has 0 spiro atoms. The van der Waals surface area contributed by atoms with Crippen molar-refractivity contribution in [3.8, 4) is 6.07 Å². The molecule has 4 heteroatoms. The lowest BCUT2D eigenvalue weighted by Crippen LogP contribution is -2.03. The van der Waals surface area contributed by atoms with Gasteiger partial charge in [0.25, 0.3) is 5.91 Å². The van der Waals surface area contributed by atoms with E-state index in [9.17, 15) is 4.79 Å². The number of nitrogens with zero attached hydrogens (tertiary/aromatic N) is 1. The molecule has 2 aromatic carbocycles. The molecule has 0 saturated carbocycles. The van der Waals surface area contributed by atoms with Crippen molar-refractivity contribution in [3.05, 3.63) is 64.2 Å². The maximum Gasteiger partial charge on any atom is 0.256 e. The Hall–Kier alpha value is -2.57. The number of hydrogen-bond donors (Lipinski definition) is 1. The van der Waals surface area contributed by atoms with Gasteiger partial charge in [-0.25, -0.2) is 0 Å². The van der Waals surface area contributed by atoms with Gasteiger partial charge in [-0.15, -0.1) is 0 Å². The fraction of sp³-hybridized carbons (Fsp3) is 0. The van der Waals surface area contributed by atoms with Crippen LogP contribution in [0.1, 0.15) is 16.7 Å². The van der Waals surface area contributed by atoms with E-state index in [0.717, 1.165) is 16.8 Å². The van der Waals surface area contributed by atoms with E-state index in [1.54, 1.807) is 48.5 Å². The number of nitriles is 1. The van der Waals surface area contributed by atoms with Crippen molar-refractivity contribution in [2.24, 2.45) is 0 Å². The van der Waals surface area contributed by atoms with Crippen molar-refractivity contribution < 1.29 is 4.79 Å². The van der Waals surface area contributed by atoms with Gasteiger partial charge in [0.05, 0.1) is 11.6 Å². The number of fused-ring (bicyclic) bond motifs is 1. The van der Waals surface area contributed by atoms with Crippen molar-refractivity contribution in [3.63, 3.8) is 0 Å². The molecule has 1 N–H and O–H groups in total. The number of amides is 1. The van der Waals surface area contributed by atoms with Crippen LogP contribution in [0, 0.1) is 11.3 Å². The zero-order valence-corrected chi connectivity index (χ0v) is 11.1.